The highest BCUT2D eigenvalue weighted by molar-refractivity contribution is 8.01. The number of nitrogens with one attached hydrogen (secondary N) is 1. The second-order valence-electron chi connectivity index (χ2n) is 6.11. The van der Waals surface area contributed by atoms with Crippen molar-refractivity contribution in [2.75, 3.05) is 31.3 Å². The van der Waals surface area contributed by atoms with Crippen LogP contribution in [0.2, 0.25) is 0 Å². The van der Waals surface area contributed by atoms with Crippen molar-refractivity contribution in [1.29, 1.82) is 0 Å². The van der Waals surface area contributed by atoms with E-state index in [4.69, 9.17) is 4.74 Å². The first-order valence-corrected chi connectivity index (χ1v) is 10.1. The van der Waals surface area contributed by atoms with E-state index in [1.807, 2.05) is 29.2 Å². The van der Waals surface area contributed by atoms with Gasteiger partial charge in [0.15, 0.2) is 4.34 Å². The van der Waals surface area contributed by atoms with Crippen molar-refractivity contribution >= 4 is 39.8 Å². The van der Waals surface area contributed by atoms with Crippen LogP contribution in [0.25, 0.3) is 0 Å². The largest absolute Gasteiger partial charge is 0.497 e. The molecule has 0 spiro atoms. The molecule has 0 radical (unpaired) electrons. The van der Waals surface area contributed by atoms with Crippen LogP contribution in [0.5, 0.6) is 5.75 Å². The smallest absolute Gasteiger partial charge is 0.233 e. The number of likely N-dealkylation sites (tertiary alicyclic amines) is 1. The Kier molecular flexibility index (Phi) is 6.14. The lowest BCUT2D eigenvalue weighted by atomic mass is 10.0. The number of piperidine rings is 1. The summed E-state index contributed by atoms with van der Waals surface area (Å²) in [5.41, 5.74) is 0.894. The van der Waals surface area contributed by atoms with Crippen LogP contribution < -0.4 is 10.1 Å². The lowest BCUT2D eigenvalue weighted by molar-refractivity contribution is -0.130. The van der Waals surface area contributed by atoms with Gasteiger partial charge in [-0.2, -0.15) is 0 Å². The van der Waals surface area contributed by atoms with Gasteiger partial charge in [0.25, 0.3) is 0 Å². The minimum Gasteiger partial charge on any atom is -0.497 e. The van der Waals surface area contributed by atoms with Crippen molar-refractivity contribution in [2.24, 2.45) is 5.92 Å². The van der Waals surface area contributed by atoms with Crippen LogP contribution >= 0.6 is 23.1 Å². The number of aromatic nitrogens is 2. The standard InChI is InChI=1S/C17H22N4O2S2/c1-12-5-4-8-21(10-12)15(22)11-24-17-20-19-16(25-17)18-13-6-3-7-14(9-13)23-2/h3,6-7,9,12H,4-5,8,10-11H2,1-2H3,(H,18,19). The number of hydrogen-bond donors (Lipinski definition) is 1. The predicted octanol–water partition coefficient (Wildman–Crippen LogP) is 3.64. The summed E-state index contributed by atoms with van der Waals surface area (Å²) in [5, 5.41) is 12.2. The molecule has 6 nitrogen and oxygen atoms in total. The third kappa shape index (κ3) is 5.09. The van der Waals surface area contributed by atoms with Crippen LogP contribution in [-0.2, 0) is 4.79 Å². The Balaban J connectivity index is 1.52. The molecule has 3 rings (SSSR count). The zero-order valence-corrected chi connectivity index (χ0v) is 16.0. The first-order chi connectivity index (χ1) is 12.1. The van der Waals surface area contributed by atoms with Crippen LogP contribution in [0, 0.1) is 5.92 Å². The second kappa shape index (κ2) is 8.53. The van der Waals surface area contributed by atoms with Gasteiger partial charge in [-0.1, -0.05) is 36.1 Å². The second-order valence-corrected chi connectivity index (χ2v) is 8.31. The highest BCUT2D eigenvalue weighted by Crippen LogP contribution is 2.29. The van der Waals surface area contributed by atoms with Crippen LogP contribution in [0.3, 0.4) is 0 Å². The average Bonchev–Trinajstić information content (AvgIpc) is 3.07. The van der Waals surface area contributed by atoms with E-state index < -0.39 is 0 Å². The fourth-order valence-electron chi connectivity index (χ4n) is 2.77. The summed E-state index contributed by atoms with van der Waals surface area (Å²) in [6, 6.07) is 7.64. The molecule has 1 atom stereocenters. The lowest BCUT2D eigenvalue weighted by Gasteiger charge is -2.30. The molecule has 2 heterocycles. The molecule has 1 unspecified atom stereocenters. The van der Waals surface area contributed by atoms with Crippen LogP contribution in [0.1, 0.15) is 19.8 Å². The number of nitrogens with zero attached hydrogens (tertiary/aromatic N) is 3. The average molecular weight is 379 g/mol. The molecule has 0 aliphatic carbocycles. The highest BCUT2D eigenvalue weighted by atomic mass is 32.2. The quantitative estimate of drug-likeness (QED) is 0.774. The molecule has 8 heteroatoms. The molecule has 1 fully saturated rings. The van der Waals surface area contributed by atoms with Gasteiger partial charge in [-0.15, -0.1) is 10.2 Å². The maximum absolute atomic E-state index is 12.3. The maximum atomic E-state index is 12.3. The molecule has 1 saturated heterocycles. The fourth-order valence-corrected chi connectivity index (χ4v) is 4.45. The Bertz CT molecular complexity index is 722. The Morgan fingerprint density at radius 2 is 2.36 bits per heavy atom. The zero-order chi connectivity index (χ0) is 17.6. The van der Waals surface area contributed by atoms with Crippen molar-refractivity contribution in [2.45, 2.75) is 24.1 Å². The number of carbonyl (C=O) groups excluding carboxylic acids is 1. The SMILES string of the molecule is COc1cccc(Nc2nnc(SCC(=O)N3CCCC(C)C3)s2)c1. The molecule has 134 valence electrons. The van der Waals surface area contributed by atoms with E-state index >= 15 is 0 Å². The third-order valence-corrected chi connectivity index (χ3v) is 6.01. The monoisotopic (exact) mass is 378 g/mol. The first kappa shape index (κ1) is 18.0. The summed E-state index contributed by atoms with van der Waals surface area (Å²) in [6.07, 6.45) is 2.32. The number of hydrogen-bond acceptors (Lipinski definition) is 7. The molecule has 1 aliphatic rings. The Labute approximate surface area is 156 Å². The summed E-state index contributed by atoms with van der Waals surface area (Å²) in [5.74, 6) is 1.99. The molecule has 1 aromatic heterocycles. The number of rotatable bonds is 6. The molecule has 2 aromatic rings. The number of thioether (sulfide) groups is 1. The number of ether oxygens (including phenoxy) is 1. The van der Waals surface area contributed by atoms with E-state index in [-0.39, 0.29) is 5.91 Å². The first-order valence-electron chi connectivity index (χ1n) is 8.29. The highest BCUT2D eigenvalue weighted by Gasteiger charge is 2.21. The van der Waals surface area contributed by atoms with Gasteiger partial charge in [0, 0.05) is 24.8 Å². The van der Waals surface area contributed by atoms with Crippen molar-refractivity contribution in [3.8, 4) is 5.75 Å². The minimum atomic E-state index is 0.189. The minimum absolute atomic E-state index is 0.189. The topological polar surface area (TPSA) is 67.3 Å². The van der Waals surface area contributed by atoms with Gasteiger partial charge in [-0.05, 0) is 30.9 Å². The van der Waals surface area contributed by atoms with Gasteiger partial charge in [-0.3, -0.25) is 4.79 Å². The molecule has 0 bridgehead atoms. The van der Waals surface area contributed by atoms with E-state index in [0.29, 0.717) is 16.8 Å². The van der Waals surface area contributed by atoms with Gasteiger partial charge in [0.05, 0.1) is 12.9 Å². The molecular formula is C17H22N4O2S2. The van der Waals surface area contributed by atoms with Crippen LogP contribution in [0.15, 0.2) is 28.6 Å². The van der Waals surface area contributed by atoms with Crippen molar-refractivity contribution in [3.63, 3.8) is 0 Å². The fraction of sp³-hybridized carbons (Fsp3) is 0.471. The van der Waals surface area contributed by atoms with Gasteiger partial charge < -0.3 is 15.0 Å². The van der Waals surface area contributed by atoms with Crippen LogP contribution in [0.4, 0.5) is 10.8 Å². The Morgan fingerprint density at radius 1 is 1.48 bits per heavy atom. The lowest BCUT2D eigenvalue weighted by Crippen LogP contribution is -2.40. The maximum Gasteiger partial charge on any atom is 0.233 e. The molecule has 1 aliphatic heterocycles. The van der Waals surface area contributed by atoms with E-state index in [9.17, 15) is 4.79 Å². The van der Waals surface area contributed by atoms with Gasteiger partial charge in [0.2, 0.25) is 11.0 Å². The molecule has 0 saturated carbocycles. The van der Waals surface area contributed by atoms with Gasteiger partial charge in [-0.25, -0.2) is 0 Å². The predicted molar refractivity (Wildman–Crippen MR) is 102 cm³/mol. The number of anilines is 2. The number of benzene rings is 1. The number of methoxy groups -OCH3 is 1. The van der Waals surface area contributed by atoms with E-state index in [0.717, 1.165) is 35.3 Å². The zero-order valence-electron chi connectivity index (χ0n) is 14.4. The molecule has 1 aromatic carbocycles. The number of carbonyl (C=O) groups is 1. The number of amides is 1. The summed E-state index contributed by atoms with van der Waals surface area (Å²) < 4.78 is 6.00. The molecular weight excluding hydrogens is 356 g/mol. The molecule has 1 amide bonds. The summed E-state index contributed by atoms with van der Waals surface area (Å²) in [6.45, 7) is 3.95. The van der Waals surface area contributed by atoms with E-state index in [1.54, 1.807) is 7.11 Å². The summed E-state index contributed by atoms with van der Waals surface area (Å²) in [7, 11) is 1.64. The van der Waals surface area contributed by atoms with Crippen molar-refractivity contribution in [1.82, 2.24) is 15.1 Å². The summed E-state index contributed by atoms with van der Waals surface area (Å²) in [4.78, 5) is 14.3. The van der Waals surface area contributed by atoms with E-state index in [1.165, 1.54) is 29.5 Å². The third-order valence-electron chi connectivity index (χ3n) is 4.06. The van der Waals surface area contributed by atoms with Gasteiger partial charge in [0.1, 0.15) is 5.75 Å². The normalized spacial score (nSPS) is 17.4. The Morgan fingerprint density at radius 3 is 3.16 bits per heavy atom. The van der Waals surface area contributed by atoms with Crippen molar-refractivity contribution in [3.05, 3.63) is 24.3 Å². The van der Waals surface area contributed by atoms with Crippen LogP contribution in [-0.4, -0.2) is 47.0 Å². The van der Waals surface area contributed by atoms with Crippen molar-refractivity contribution < 1.29 is 9.53 Å². The van der Waals surface area contributed by atoms with Gasteiger partial charge >= 0.3 is 0 Å². The molecule has 25 heavy (non-hydrogen) atoms. The van der Waals surface area contributed by atoms with E-state index in [2.05, 4.69) is 22.4 Å². The Hall–Kier alpha value is -1.80. The molecule has 1 N–H and O–H groups in total. The summed E-state index contributed by atoms with van der Waals surface area (Å²) >= 11 is 2.90.